The normalized spacial score (nSPS) is 11.5. The maximum absolute atomic E-state index is 6.16. The van der Waals surface area contributed by atoms with Gasteiger partial charge in [-0.3, -0.25) is 0 Å². The summed E-state index contributed by atoms with van der Waals surface area (Å²) in [5, 5.41) is 7.21. The van der Waals surface area contributed by atoms with Crippen molar-refractivity contribution >= 4 is 60.5 Å². The first-order valence-corrected chi connectivity index (χ1v) is 17.8. The molecule has 0 aliphatic heterocycles. The van der Waals surface area contributed by atoms with Gasteiger partial charge in [-0.1, -0.05) is 146 Å². The van der Waals surface area contributed by atoms with Crippen molar-refractivity contribution in [3.8, 4) is 33.4 Å². The zero-order valence-corrected chi connectivity index (χ0v) is 28.4. The quantitative estimate of drug-likeness (QED) is 0.176. The summed E-state index contributed by atoms with van der Waals surface area (Å²) in [6.45, 7) is 0. The Morgan fingerprint density at radius 3 is 1.71 bits per heavy atom. The second-order valence-electron chi connectivity index (χ2n) is 13.3. The molecule has 52 heavy (non-hydrogen) atoms. The van der Waals surface area contributed by atoms with Crippen LogP contribution in [0.4, 0.5) is 17.1 Å². The third-order valence-electron chi connectivity index (χ3n) is 10.3. The van der Waals surface area contributed by atoms with Crippen molar-refractivity contribution in [1.82, 2.24) is 0 Å². The second-order valence-corrected chi connectivity index (χ2v) is 13.3. The van der Waals surface area contributed by atoms with Crippen LogP contribution in [0.1, 0.15) is 0 Å². The molecule has 0 N–H and O–H groups in total. The fourth-order valence-corrected chi connectivity index (χ4v) is 7.67. The highest BCUT2D eigenvalue weighted by Crippen LogP contribution is 2.43. The molecule has 1 heterocycles. The summed E-state index contributed by atoms with van der Waals surface area (Å²) in [4.78, 5) is 2.38. The fourth-order valence-electron chi connectivity index (χ4n) is 7.67. The molecule has 0 unspecified atom stereocenters. The van der Waals surface area contributed by atoms with E-state index in [0.29, 0.717) is 0 Å². The summed E-state index contributed by atoms with van der Waals surface area (Å²) in [5.41, 5.74) is 12.3. The first-order chi connectivity index (χ1) is 25.8. The molecule has 0 saturated heterocycles. The van der Waals surface area contributed by atoms with Crippen molar-refractivity contribution in [2.45, 2.75) is 0 Å². The van der Waals surface area contributed by atoms with Crippen LogP contribution in [-0.2, 0) is 0 Å². The van der Waals surface area contributed by atoms with Gasteiger partial charge in [0.1, 0.15) is 11.2 Å². The smallest absolute Gasteiger partial charge is 0.136 e. The minimum atomic E-state index is 0.922. The van der Waals surface area contributed by atoms with Gasteiger partial charge in [0, 0.05) is 27.7 Å². The van der Waals surface area contributed by atoms with E-state index in [2.05, 4.69) is 193 Å². The van der Waals surface area contributed by atoms with Crippen LogP contribution in [0, 0.1) is 0 Å². The minimum Gasteiger partial charge on any atom is -0.456 e. The van der Waals surface area contributed by atoms with Crippen LogP contribution in [0.2, 0.25) is 0 Å². The summed E-state index contributed by atoms with van der Waals surface area (Å²) in [6, 6.07) is 71.8. The summed E-state index contributed by atoms with van der Waals surface area (Å²) in [6.07, 6.45) is 0. The van der Waals surface area contributed by atoms with Crippen molar-refractivity contribution in [3.63, 3.8) is 0 Å². The molecule has 0 spiro atoms. The maximum Gasteiger partial charge on any atom is 0.136 e. The van der Waals surface area contributed by atoms with E-state index >= 15 is 0 Å². The molecule has 244 valence electrons. The molecule has 0 amide bonds. The molecule has 0 radical (unpaired) electrons. The Labute approximate surface area is 302 Å². The highest BCUT2D eigenvalue weighted by Gasteiger charge is 2.18. The largest absolute Gasteiger partial charge is 0.456 e. The van der Waals surface area contributed by atoms with Gasteiger partial charge in [-0.25, -0.2) is 0 Å². The van der Waals surface area contributed by atoms with Gasteiger partial charge in [0.25, 0.3) is 0 Å². The molecule has 0 bridgehead atoms. The minimum absolute atomic E-state index is 0.922. The molecular weight excluding hydrogens is 631 g/mol. The highest BCUT2D eigenvalue weighted by atomic mass is 16.3. The van der Waals surface area contributed by atoms with Crippen LogP contribution < -0.4 is 4.90 Å². The number of anilines is 3. The molecule has 0 aliphatic rings. The van der Waals surface area contributed by atoms with Gasteiger partial charge in [0.15, 0.2) is 0 Å². The third kappa shape index (κ3) is 5.21. The number of hydrogen-bond acceptors (Lipinski definition) is 2. The van der Waals surface area contributed by atoms with Gasteiger partial charge in [-0.15, -0.1) is 0 Å². The van der Waals surface area contributed by atoms with E-state index in [1.165, 1.54) is 60.3 Å². The molecule has 9 aromatic carbocycles. The third-order valence-corrected chi connectivity index (χ3v) is 10.3. The Balaban J connectivity index is 1.07. The number of furan rings is 1. The van der Waals surface area contributed by atoms with Crippen LogP contribution in [0.25, 0.3) is 76.9 Å². The Morgan fingerprint density at radius 2 is 0.904 bits per heavy atom. The van der Waals surface area contributed by atoms with Crippen molar-refractivity contribution in [2.75, 3.05) is 4.90 Å². The van der Waals surface area contributed by atoms with E-state index in [-0.39, 0.29) is 0 Å². The molecular formula is C50H33NO. The topological polar surface area (TPSA) is 16.4 Å². The average Bonchev–Trinajstić information content (AvgIpc) is 3.61. The molecule has 0 aliphatic carbocycles. The lowest BCUT2D eigenvalue weighted by molar-refractivity contribution is 0.669. The van der Waals surface area contributed by atoms with Gasteiger partial charge in [-0.05, 0) is 104 Å². The number of benzene rings is 9. The molecule has 0 fully saturated rings. The number of fused-ring (bicyclic) bond motifs is 6. The van der Waals surface area contributed by atoms with Crippen LogP contribution in [-0.4, -0.2) is 0 Å². The van der Waals surface area contributed by atoms with Crippen molar-refractivity contribution < 1.29 is 4.42 Å². The second kappa shape index (κ2) is 12.5. The maximum atomic E-state index is 6.16. The van der Waals surface area contributed by atoms with Crippen LogP contribution >= 0.6 is 0 Å². The van der Waals surface area contributed by atoms with E-state index < -0.39 is 0 Å². The SMILES string of the molecule is c1ccc(-c2ccc(N(c3ccc(-c4ccc5c(ccc6oc7ccccc7c65)c4)cc3)c3ccccc3-c3ccc4ccccc4c3)cc2)cc1. The number of rotatable bonds is 6. The predicted molar refractivity (Wildman–Crippen MR) is 220 cm³/mol. The Hall–Kier alpha value is -6.90. The van der Waals surface area contributed by atoms with Crippen LogP contribution in [0.15, 0.2) is 205 Å². The zero-order valence-electron chi connectivity index (χ0n) is 28.4. The van der Waals surface area contributed by atoms with Crippen molar-refractivity contribution in [1.29, 1.82) is 0 Å². The van der Waals surface area contributed by atoms with E-state index in [9.17, 15) is 0 Å². The number of nitrogens with zero attached hydrogens (tertiary/aromatic N) is 1. The number of hydrogen-bond donors (Lipinski definition) is 0. The highest BCUT2D eigenvalue weighted by molar-refractivity contribution is 6.19. The molecule has 2 heteroatoms. The molecule has 0 saturated carbocycles. The summed E-state index contributed by atoms with van der Waals surface area (Å²) in [5.74, 6) is 0. The predicted octanol–water partition coefficient (Wildman–Crippen LogP) is 14.4. The van der Waals surface area contributed by atoms with E-state index in [1.807, 2.05) is 12.1 Å². The van der Waals surface area contributed by atoms with Crippen molar-refractivity contribution in [2.24, 2.45) is 0 Å². The first-order valence-electron chi connectivity index (χ1n) is 17.8. The van der Waals surface area contributed by atoms with Gasteiger partial charge >= 0.3 is 0 Å². The summed E-state index contributed by atoms with van der Waals surface area (Å²) in [7, 11) is 0. The van der Waals surface area contributed by atoms with E-state index in [1.54, 1.807) is 0 Å². The van der Waals surface area contributed by atoms with Gasteiger partial charge in [0.2, 0.25) is 0 Å². The fraction of sp³-hybridized carbons (Fsp3) is 0. The van der Waals surface area contributed by atoms with Gasteiger partial charge in [0.05, 0.1) is 5.69 Å². The lowest BCUT2D eigenvalue weighted by Gasteiger charge is -2.28. The van der Waals surface area contributed by atoms with Crippen LogP contribution in [0.3, 0.4) is 0 Å². The van der Waals surface area contributed by atoms with Crippen molar-refractivity contribution in [3.05, 3.63) is 200 Å². The molecule has 2 nitrogen and oxygen atoms in total. The average molecular weight is 664 g/mol. The Bertz CT molecular complexity index is 2890. The zero-order chi connectivity index (χ0) is 34.4. The lowest BCUT2D eigenvalue weighted by atomic mass is 9.97. The van der Waals surface area contributed by atoms with Gasteiger partial charge in [-0.2, -0.15) is 0 Å². The van der Waals surface area contributed by atoms with Crippen LogP contribution in [0.5, 0.6) is 0 Å². The monoisotopic (exact) mass is 663 g/mol. The Kier molecular flexibility index (Phi) is 7.18. The van der Waals surface area contributed by atoms with E-state index in [4.69, 9.17) is 4.42 Å². The van der Waals surface area contributed by atoms with E-state index in [0.717, 1.165) is 33.6 Å². The molecule has 0 atom stereocenters. The molecule has 10 rings (SSSR count). The molecule has 10 aromatic rings. The van der Waals surface area contributed by atoms with Gasteiger partial charge < -0.3 is 9.32 Å². The lowest BCUT2D eigenvalue weighted by Crippen LogP contribution is -2.11. The number of para-hydroxylation sites is 2. The first kappa shape index (κ1) is 30.0. The molecule has 1 aromatic heterocycles. The summed E-state index contributed by atoms with van der Waals surface area (Å²) < 4.78 is 6.16. The Morgan fingerprint density at radius 1 is 0.327 bits per heavy atom. The standard InChI is InChI=1S/C50H33NO/c1-2-10-34(11-3-1)36-20-26-42(27-21-36)51(47-16-8-6-14-44(47)40-19-18-35-12-4-5-13-38(35)32-40)43-28-22-37(23-29-43)39-24-30-45-41(33-39)25-31-49-50(45)46-15-7-9-17-48(46)52-49/h1-33H. The summed E-state index contributed by atoms with van der Waals surface area (Å²) >= 11 is 0.